The van der Waals surface area contributed by atoms with Crippen molar-refractivity contribution in [3.63, 3.8) is 0 Å². The predicted octanol–water partition coefficient (Wildman–Crippen LogP) is -0.706. The molecule has 0 saturated carbocycles. The Morgan fingerprint density at radius 1 is 1.56 bits per heavy atom. The van der Waals surface area contributed by atoms with Crippen molar-refractivity contribution in [3.05, 3.63) is 11.9 Å². The highest BCUT2D eigenvalue weighted by Gasteiger charge is 2.17. The number of nitrogens with one attached hydrogen (secondary N) is 2. The fraction of sp³-hybridized carbons (Fsp3) is 0.667. The zero-order valence-corrected chi connectivity index (χ0v) is 5.35. The third kappa shape index (κ3) is 0.772. The average molecular weight is 125 g/mol. The molecule has 0 atom stereocenters. The van der Waals surface area contributed by atoms with Crippen LogP contribution in [0.3, 0.4) is 0 Å². The smallest absolute Gasteiger partial charge is 0.0683 e. The lowest BCUT2D eigenvalue weighted by atomic mass is 10.4. The van der Waals surface area contributed by atoms with Crippen molar-refractivity contribution >= 4 is 0 Å². The molecule has 2 heterocycles. The second kappa shape index (κ2) is 1.92. The Morgan fingerprint density at radius 2 is 2.56 bits per heavy atom. The van der Waals surface area contributed by atoms with Crippen LogP contribution in [-0.4, -0.2) is 31.2 Å². The molecule has 0 aromatic carbocycles. The standard InChI is InChI=1S/C6H11N3/c1-2-9-5-8-4-6(9)3-7-1/h3,7-8H,1-2,4-5H2. The van der Waals surface area contributed by atoms with Gasteiger partial charge in [-0.05, 0) is 0 Å². The summed E-state index contributed by atoms with van der Waals surface area (Å²) in [5, 5.41) is 6.49. The molecule has 1 saturated heterocycles. The molecular weight excluding hydrogens is 114 g/mol. The van der Waals surface area contributed by atoms with Crippen molar-refractivity contribution in [2.75, 3.05) is 26.3 Å². The van der Waals surface area contributed by atoms with Crippen LogP contribution in [0.4, 0.5) is 0 Å². The normalized spacial score (nSPS) is 24.9. The van der Waals surface area contributed by atoms with Crippen LogP contribution in [0.25, 0.3) is 0 Å². The first-order valence-electron chi connectivity index (χ1n) is 3.35. The van der Waals surface area contributed by atoms with Gasteiger partial charge in [-0.25, -0.2) is 0 Å². The summed E-state index contributed by atoms with van der Waals surface area (Å²) in [4.78, 5) is 2.36. The van der Waals surface area contributed by atoms with Gasteiger partial charge in [0, 0.05) is 31.5 Å². The molecule has 0 radical (unpaired) electrons. The van der Waals surface area contributed by atoms with Crippen molar-refractivity contribution in [1.29, 1.82) is 0 Å². The quantitative estimate of drug-likeness (QED) is 0.448. The van der Waals surface area contributed by atoms with E-state index >= 15 is 0 Å². The van der Waals surface area contributed by atoms with Crippen LogP contribution < -0.4 is 10.6 Å². The van der Waals surface area contributed by atoms with Gasteiger partial charge in [-0.3, -0.25) is 5.32 Å². The SMILES string of the molecule is C1=C2CNCN2CCN1. The second-order valence-corrected chi connectivity index (χ2v) is 2.44. The lowest BCUT2D eigenvalue weighted by Crippen LogP contribution is -2.33. The molecule has 2 aliphatic rings. The van der Waals surface area contributed by atoms with Gasteiger partial charge in [0.05, 0.1) is 6.67 Å². The topological polar surface area (TPSA) is 27.3 Å². The fourth-order valence-corrected chi connectivity index (χ4v) is 1.29. The van der Waals surface area contributed by atoms with Gasteiger partial charge < -0.3 is 10.2 Å². The Kier molecular flexibility index (Phi) is 1.09. The van der Waals surface area contributed by atoms with Gasteiger partial charge in [-0.1, -0.05) is 0 Å². The van der Waals surface area contributed by atoms with E-state index in [1.807, 2.05) is 0 Å². The molecule has 0 aliphatic carbocycles. The van der Waals surface area contributed by atoms with E-state index in [1.165, 1.54) is 5.70 Å². The largest absolute Gasteiger partial charge is 0.388 e. The highest BCUT2D eigenvalue weighted by Crippen LogP contribution is 2.08. The molecule has 3 heteroatoms. The molecular formula is C6H11N3. The van der Waals surface area contributed by atoms with E-state index in [0.717, 1.165) is 26.3 Å². The highest BCUT2D eigenvalue weighted by molar-refractivity contribution is 5.08. The van der Waals surface area contributed by atoms with E-state index < -0.39 is 0 Å². The lowest BCUT2D eigenvalue weighted by Gasteiger charge is -2.23. The number of rotatable bonds is 0. The van der Waals surface area contributed by atoms with Crippen LogP contribution in [0, 0.1) is 0 Å². The maximum absolute atomic E-state index is 3.28. The van der Waals surface area contributed by atoms with E-state index in [4.69, 9.17) is 0 Å². The first-order valence-corrected chi connectivity index (χ1v) is 3.35. The summed E-state index contributed by atoms with van der Waals surface area (Å²) in [5.41, 5.74) is 1.40. The third-order valence-corrected chi connectivity index (χ3v) is 1.81. The molecule has 3 nitrogen and oxygen atoms in total. The van der Waals surface area contributed by atoms with Crippen molar-refractivity contribution in [3.8, 4) is 0 Å². The zero-order chi connectivity index (χ0) is 6.10. The van der Waals surface area contributed by atoms with Crippen LogP contribution >= 0.6 is 0 Å². The minimum atomic E-state index is 1.03. The Labute approximate surface area is 54.7 Å². The monoisotopic (exact) mass is 125 g/mol. The molecule has 0 aromatic heterocycles. The predicted molar refractivity (Wildman–Crippen MR) is 35.7 cm³/mol. The van der Waals surface area contributed by atoms with E-state index in [-0.39, 0.29) is 0 Å². The maximum Gasteiger partial charge on any atom is 0.0683 e. The summed E-state index contributed by atoms with van der Waals surface area (Å²) in [6.45, 7) is 4.31. The summed E-state index contributed by atoms with van der Waals surface area (Å²) in [6.07, 6.45) is 2.10. The van der Waals surface area contributed by atoms with E-state index in [9.17, 15) is 0 Å². The molecule has 2 N–H and O–H groups in total. The summed E-state index contributed by atoms with van der Waals surface area (Å²) in [7, 11) is 0. The molecule has 0 aromatic rings. The van der Waals surface area contributed by atoms with E-state index in [2.05, 4.69) is 21.7 Å². The number of hydrogen-bond acceptors (Lipinski definition) is 3. The summed E-state index contributed by atoms with van der Waals surface area (Å²) in [6, 6.07) is 0. The molecule has 2 rings (SSSR count). The van der Waals surface area contributed by atoms with Crippen molar-refractivity contribution in [1.82, 2.24) is 15.5 Å². The van der Waals surface area contributed by atoms with E-state index in [0.29, 0.717) is 0 Å². The average Bonchev–Trinajstić information content (AvgIpc) is 2.33. The van der Waals surface area contributed by atoms with Crippen LogP contribution in [0.15, 0.2) is 11.9 Å². The lowest BCUT2D eigenvalue weighted by molar-refractivity contribution is 0.365. The van der Waals surface area contributed by atoms with Gasteiger partial charge >= 0.3 is 0 Å². The summed E-state index contributed by atoms with van der Waals surface area (Å²) < 4.78 is 0. The Bertz CT molecular complexity index is 141. The third-order valence-electron chi connectivity index (χ3n) is 1.81. The van der Waals surface area contributed by atoms with Gasteiger partial charge in [-0.15, -0.1) is 0 Å². The van der Waals surface area contributed by atoms with Crippen LogP contribution in [0.2, 0.25) is 0 Å². The van der Waals surface area contributed by atoms with Crippen LogP contribution in [0.5, 0.6) is 0 Å². The van der Waals surface area contributed by atoms with Crippen molar-refractivity contribution < 1.29 is 0 Å². The first-order chi connectivity index (χ1) is 4.47. The Balaban J connectivity index is 2.16. The van der Waals surface area contributed by atoms with Crippen LogP contribution in [-0.2, 0) is 0 Å². The Morgan fingerprint density at radius 3 is 3.44 bits per heavy atom. The maximum atomic E-state index is 3.28. The zero-order valence-electron chi connectivity index (χ0n) is 5.35. The first kappa shape index (κ1) is 5.11. The van der Waals surface area contributed by atoms with Gasteiger partial charge in [-0.2, -0.15) is 0 Å². The highest BCUT2D eigenvalue weighted by atomic mass is 15.3. The van der Waals surface area contributed by atoms with Gasteiger partial charge in [0.25, 0.3) is 0 Å². The Hall–Kier alpha value is -0.700. The molecule has 2 aliphatic heterocycles. The van der Waals surface area contributed by atoms with Crippen molar-refractivity contribution in [2.45, 2.75) is 0 Å². The van der Waals surface area contributed by atoms with Crippen molar-refractivity contribution in [2.24, 2.45) is 0 Å². The summed E-state index contributed by atoms with van der Waals surface area (Å²) >= 11 is 0. The molecule has 0 unspecified atom stereocenters. The minimum Gasteiger partial charge on any atom is -0.388 e. The molecule has 9 heavy (non-hydrogen) atoms. The van der Waals surface area contributed by atoms with Gasteiger partial charge in [0.2, 0.25) is 0 Å². The fourth-order valence-electron chi connectivity index (χ4n) is 1.29. The number of fused-ring (bicyclic) bond motifs is 1. The molecule has 50 valence electrons. The molecule has 0 spiro atoms. The summed E-state index contributed by atoms with van der Waals surface area (Å²) in [5.74, 6) is 0. The second-order valence-electron chi connectivity index (χ2n) is 2.44. The minimum absolute atomic E-state index is 1.03. The molecule has 0 amide bonds. The number of nitrogens with zero attached hydrogens (tertiary/aromatic N) is 1. The number of hydrogen-bond donors (Lipinski definition) is 2. The molecule has 1 fully saturated rings. The van der Waals surface area contributed by atoms with Crippen LogP contribution in [0.1, 0.15) is 0 Å². The van der Waals surface area contributed by atoms with Gasteiger partial charge in [0.1, 0.15) is 0 Å². The van der Waals surface area contributed by atoms with Gasteiger partial charge in [0.15, 0.2) is 0 Å². The van der Waals surface area contributed by atoms with E-state index in [1.54, 1.807) is 0 Å². The molecule has 0 bridgehead atoms.